The van der Waals surface area contributed by atoms with Gasteiger partial charge in [-0.3, -0.25) is 0 Å². The molecule has 0 aliphatic carbocycles. The summed E-state index contributed by atoms with van der Waals surface area (Å²) in [5.41, 5.74) is -0.0997. The van der Waals surface area contributed by atoms with Crippen molar-refractivity contribution in [2.24, 2.45) is 0 Å². The predicted molar refractivity (Wildman–Crippen MR) is 68.1 cm³/mol. The van der Waals surface area contributed by atoms with Crippen LogP contribution in [0.15, 0.2) is 34.8 Å². The lowest BCUT2D eigenvalue weighted by molar-refractivity contribution is 0.0693. The number of benzene rings is 2. The van der Waals surface area contributed by atoms with Gasteiger partial charge in [-0.15, -0.1) is 0 Å². The zero-order chi connectivity index (χ0) is 14.2. The van der Waals surface area contributed by atoms with E-state index >= 15 is 0 Å². The third kappa shape index (κ3) is 2.58. The van der Waals surface area contributed by atoms with Crippen LogP contribution in [0.3, 0.4) is 0 Å². The molecule has 0 aliphatic rings. The van der Waals surface area contributed by atoms with Crippen LogP contribution in [0.1, 0.15) is 10.4 Å². The Hall–Kier alpha value is -1.95. The highest BCUT2D eigenvalue weighted by molar-refractivity contribution is 9.10. The van der Waals surface area contributed by atoms with Gasteiger partial charge in [-0.2, -0.15) is 0 Å². The van der Waals surface area contributed by atoms with E-state index < -0.39 is 23.4 Å². The Bertz CT molecular complexity index is 671. The average molecular weight is 329 g/mol. The summed E-state index contributed by atoms with van der Waals surface area (Å²) in [7, 11) is 0. The molecule has 0 saturated heterocycles. The molecule has 0 aliphatic heterocycles. The van der Waals surface area contributed by atoms with Gasteiger partial charge in [-0.1, -0.05) is 0 Å². The van der Waals surface area contributed by atoms with Crippen LogP contribution in [0, 0.1) is 11.6 Å². The molecule has 3 nitrogen and oxygen atoms in total. The Kier molecular flexibility index (Phi) is 3.53. The number of carbonyl (C=O) groups is 1. The number of aromatic carboxylic acids is 1. The Morgan fingerprint density at radius 3 is 2.42 bits per heavy atom. The number of carboxylic acids is 1. The molecule has 2 aromatic carbocycles. The van der Waals surface area contributed by atoms with E-state index in [1.54, 1.807) is 0 Å². The van der Waals surface area contributed by atoms with Gasteiger partial charge in [-0.25, -0.2) is 13.6 Å². The largest absolute Gasteiger partial charge is 0.506 e. The van der Waals surface area contributed by atoms with Crippen LogP contribution in [0.5, 0.6) is 5.75 Å². The minimum Gasteiger partial charge on any atom is -0.506 e. The number of hydrogen-bond acceptors (Lipinski definition) is 2. The first kappa shape index (κ1) is 13.5. The lowest BCUT2D eigenvalue weighted by atomic mass is 10.0. The van der Waals surface area contributed by atoms with E-state index in [0.29, 0.717) is 6.07 Å². The van der Waals surface area contributed by atoms with Crippen molar-refractivity contribution in [2.45, 2.75) is 0 Å². The number of rotatable bonds is 2. The van der Waals surface area contributed by atoms with Gasteiger partial charge in [0.1, 0.15) is 22.9 Å². The molecule has 0 saturated carbocycles. The summed E-state index contributed by atoms with van der Waals surface area (Å²) >= 11 is 2.99. The van der Waals surface area contributed by atoms with Gasteiger partial charge in [0.2, 0.25) is 0 Å². The minimum absolute atomic E-state index is 0.0459. The summed E-state index contributed by atoms with van der Waals surface area (Å²) in [4.78, 5) is 11.0. The van der Waals surface area contributed by atoms with Crippen molar-refractivity contribution in [2.75, 3.05) is 0 Å². The van der Waals surface area contributed by atoms with Crippen molar-refractivity contribution in [1.82, 2.24) is 0 Å². The molecule has 2 N–H and O–H groups in total. The van der Waals surface area contributed by atoms with Crippen LogP contribution < -0.4 is 0 Å². The van der Waals surface area contributed by atoms with E-state index in [1.165, 1.54) is 12.1 Å². The molecule has 0 aromatic heterocycles. The fraction of sp³-hybridized carbons (Fsp3) is 0. The third-order valence-corrected chi connectivity index (χ3v) is 3.14. The van der Waals surface area contributed by atoms with Gasteiger partial charge >= 0.3 is 5.97 Å². The highest BCUT2D eigenvalue weighted by Gasteiger charge is 2.16. The zero-order valence-electron chi connectivity index (χ0n) is 9.32. The van der Waals surface area contributed by atoms with E-state index in [9.17, 15) is 18.7 Å². The number of aromatic hydroxyl groups is 1. The van der Waals surface area contributed by atoms with Gasteiger partial charge < -0.3 is 10.2 Å². The third-order valence-electron chi connectivity index (χ3n) is 2.54. The number of halogens is 3. The molecule has 0 fully saturated rings. The van der Waals surface area contributed by atoms with Crippen LogP contribution in [0.25, 0.3) is 11.1 Å². The maximum atomic E-state index is 13.6. The average Bonchev–Trinajstić information content (AvgIpc) is 2.32. The molecule has 98 valence electrons. The molecule has 2 rings (SSSR count). The van der Waals surface area contributed by atoms with Gasteiger partial charge in [0.25, 0.3) is 0 Å². The minimum atomic E-state index is -1.34. The molecule has 0 bridgehead atoms. The second kappa shape index (κ2) is 4.97. The van der Waals surface area contributed by atoms with E-state index in [0.717, 1.165) is 12.1 Å². The molecule has 0 unspecified atom stereocenters. The van der Waals surface area contributed by atoms with Gasteiger partial charge in [-0.05, 0) is 45.8 Å². The van der Waals surface area contributed by atoms with Crippen LogP contribution in [-0.2, 0) is 0 Å². The molecule has 0 spiro atoms. The standard InChI is InChI=1S/C13H7BrF2O3/c14-10-4-6(3-9(12(10)17)13(18)19)8-2-1-7(15)5-11(8)16/h1-5,17H,(H,18,19). The van der Waals surface area contributed by atoms with Crippen molar-refractivity contribution in [3.8, 4) is 16.9 Å². The molecular weight excluding hydrogens is 322 g/mol. The van der Waals surface area contributed by atoms with E-state index in [2.05, 4.69) is 15.9 Å². The summed E-state index contributed by atoms with van der Waals surface area (Å²) in [6.45, 7) is 0. The summed E-state index contributed by atoms with van der Waals surface area (Å²) < 4.78 is 26.6. The first-order valence-electron chi connectivity index (χ1n) is 5.11. The Balaban J connectivity index is 2.66. The Morgan fingerprint density at radius 2 is 1.84 bits per heavy atom. The Morgan fingerprint density at radius 1 is 1.16 bits per heavy atom. The van der Waals surface area contributed by atoms with Gasteiger partial charge in [0.15, 0.2) is 0 Å². The van der Waals surface area contributed by atoms with Crippen molar-refractivity contribution in [3.63, 3.8) is 0 Å². The summed E-state index contributed by atoms with van der Waals surface area (Å²) in [6.07, 6.45) is 0. The summed E-state index contributed by atoms with van der Waals surface area (Å²) in [5.74, 6) is -3.33. The van der Waals surface area contributed by atoms with Gasteiger partial charge in [0.05, 0.1) is 4.47 Å². The molecular formula is C13H7BrF2O3. The molecule has 19 heavy (non-hydrogen) atoms. The van der Waals surface area contributed by atoms with E-state index in [1.807, 2.05) is 0 Å². The van der Waals surface area contributed by atoms with Crippen molar-refractivity contribution in [3.05, 3.63) is 52.0 Å². The molecule has 0 heterocycles. The highest BCUT2D eigenvalue weighted by Crippen LogP contribution is 2.34. The summed E-state index contributed by atoms with van der Waals surface area (Å²) in [5, 5.41) is 18.5. The second-order valence-electron chi connectivity index (χ2n) is 3.78. The van der Waals surface area contributed by atoms with E-state index in [-0.39, 0.29) is 21.2 Å². The smallest absolute Gasteiger partial charge is 0.339 e. The maximum Gasteiger partial charge on any atom is 0.339 e. The molecule has 0 amide bonds. The van der Waals surface area contributed by atoms with Crippen molar-refractivity contribution >= 4 is 21.9 Å². The predicted octanol–water partition coefficient (Wildman–Crippen LogP) is 3.80. The van der Waals surface area contributed by atoms with Crippen molar-refractivity contribution < 1.29 is 23.8 Å². The second-order valence-corrected chi connectivity index (χ2v) is 4.64. The molecule has 6 heteroatoms. The molecule has 2 aromatic rings. The molecule has 0 radical (unpaired) electrons. The first-order chi connectivity index (χ1) is 8.90. The summed E-state index contributed by atoms with van der Waals surface area (Å²) in [6, 6.07) is 5.46. The quantitative estimate of drug-likeness (QED) is 0.881. The van der Waals surface area contributed by atoms with E-state index in [4.69, 9.17) is 5.11 Å². The Labute approximate surface area is 115 Å². The first-order valence-corrected chi connectivity index (χ1v) is 5.90. The lowest BCUT2D eigenvalue weighted by Crippen LogP contribution is -1.98. The number of hydrogen-bond donors (Lipinski definition) is 2. The van der Waals surface area contributed by atoms with Gasteiger partial charge in [0, 0.05) is 11.6 Å². The molecule has 0 atom stereocenters. The maximum absolute atomic E-state index is 13.6. The van der Waals surface area contributed by atoms with Crippen LogP contribution in [-0.4, -0.2) is 16.2 Å². The SMILES string of the molecule is O=C(O)c1cc(-c2ccc(F)cc2F)cc(Br)c1O. The number of phenols is 1. The lowest BCUT2D eigenvalue weighted by Gasteiger charge is -2.08. The van der Waals surface area contributed by atoms with Crippen molar-refractivity contribution in [1.29, 1.82) is 0 Å². The zero-order valence-corrected chi connectivity index (χ0v) is 10.9. The number of carboxylic acid groups (broad SMARTS) is 1. The monoisotopic (exact) mass is 328 g/mol. The fourth-order valence-electron chi connectivity index (χ4n) is 1.64. The van der Waals surface area contributed by atoms with Crippen LogP contribution in [0.4, 0.5) is 8.78 Å². The topological polar surface area (TPSA) is 57.5 Å². The fourth-order valence-corrected chi connectivity index (χ4v) is 2.10. The highest BCUT2D eigenvalue weighted by atomic mass is 79.9. The van der Waals surface area contributed by atoms with Crippen LogP contribution >= 0.6 is 15.9 Å². The normalized spacial score (nSPS) is 10.5. The van der Waals surface area contributed by atoms with Crippen LogP contribution in [0.2, 0.25) is 0 Å².